The fraction of sp³-hybridized carbons (Fsp3) is 1.00. The monoisotopic (exact) mass is 169 g/mol. The standard InChI is InChI=1S/C10H19NO/c1-2-9-6-10(3-4-12-9)5-8(10)7-11/h8-9H,2-7,11H2,1H3. The predicted molar refractivity (Wildman–Crippen MR) is 48.9 cm³/mol. The molecule has 0 aromatic rings. The molecule has 0 amide bonds. The maximum absolute atomic E-state index is 5.69. The summed E-state index contributed by atoms with van der Waals surface area (Å²) in [6, 6.07) is 0. The highest BCUT2D eigenvalue weighted by Gasteiger charge is 2.54. The van der Waals surface area contributed by atoms with E-state index in [1.807, 2.05) is 0 Å². The predicted octanol–water partition coefficient (Wildman–Crippen LogP) is 1.54. The zero-order valence-corrected chi connectivity index (χ0v) is 7.88. The molecule has 3 atom stereocenters. The second-order valence-corrected chi connectivity index (χ2v) is 4.35. The molecule has 0 bridgehead atoms. The molecule has 2 fully saturated rings. The lowest BCUT2D eigenvalue weighted by molar-refractivity contribution is -0.0216. The van der Waals surface area contributed by atoms with E-state index in [9.17, 15) is 0 Å². The van der Waals surface area contributed by atoms with Crippen molar-refractivity contribution >= 4 is 0 Å². The van der Waals surface area contributed by atoms with Gasteiger partial charge in [-0.05, 0) is 43.6 Å². The normalized spacial score (nSPS) is 46.5. The van der Waals surface area contributed by atoms with Gasteiger partial charge in [0.2, 0.25) is 0 Å². The van der Waals surface area contributed by atoms with Crippen molar-refractivity contribution in [1.29, 1.82) is 0 Å². The van der Waals surface area contributed by atoms with Crippen molar-refractivity contribution < 1.29 is 4.74 Å². The number of rotatable bonds is 2. The smallest absolute Gasteiger partial charge is 0.0578 e. The molecule has 3 unspecified atom stereocenters. The minimum atomic E-state index is 0.523. The second kappa shape index (κ2) is 3.00. The van der Waals surface area contributed by atoms with Gasteiger partial charge in [0, 0.05) is 6.61 Å². The second-order valence-electron chi connectivity index (χ2n) is 4.35. The summed E-state index contributed by atoms with van der Waals surface area (Å²) in [5, 5.41) is 0. The van der Waals surface area contributed by atoms with E-state index in [1.165, 1.54) is 25.7 Å². The Labute approximate surface area is 74.5 Å². The molecule has 2 aliphatic rings. The van der Waals surface area contributed by atoms with E-state index in [0.29, 0.717) is 11.5 Å². The Kier molecular flexibility index (Phi) is 2.13. The molecule has 2 heteroatoms. The number of nitrogens with two attached hydrogens (primary N) is 1. The first-order valence-electron chi connectivity index (χ1n) is 5.12. The summed E-state index contributed by atoms with van der Waals surface area (Å²) in [5.74, 6) is 0.815. The molecule has 1 aliphatic heterocycles. The molecular weight excluding hydrogens is 150 g/mol. The van der Waals surface area contributed by atoms with Crippen LogP contribution in [-0.4, -0.2) is 19.3 Å². The average Bonchev–Trinajstić information content (AvgIpc) is 2.78. The minimum Gasteiger partial charge on any atom is -0.378 e. The van der Waals surface area contributed by atoms with E-state index >= 15 is 0 Å². The van der Waals surface area contributed by atoms with Crippen molar-refractivity contribution in [2.24, 2.45) is 17.1 Å². The maximum atomic E-state index is 5.69. The van der Waals surface area contributed by atoms with E-state index in [-0.39, 0.29) is 0 Å². The van der Waals surface area contributed by atoms with E-state index in [2.05, 4.69) is 6.92 Å². The minimum absolute atomic E-state index is 0.523. The van der Waals surface area contributed by atoms with Crippen molar-refractivity contribution in [3.05, 3.63) is 0 Å². The summed E-state index contributed by atoms with van der Waals surface area (Å²) in [5.41, 5.74) is 6.30. The van der Waals surface area contributed by atoms with Crippen LogP contribution in [0.3, 0.4) is 0 Å². The summed E-state index contributed by atoms with van der Waals surface area (Å²) in [4.78, 5) is 0. The Bertz CT molecular complexity index is 171. The summed E-state index contributed by atoms with van der Waals surface area (Å²) >= 11 is 0. The van der Waals surface area contributed by atoms with Crippen LogP contribution in [0.25, 0.3) is 0 Å². The van der Waals surface area contributed by atoms with Crippen LogP contribution >= 0.6 is 0 Å². The van der Waals surface area contributed by atoms with Crippen molar-refractivity contribution in [3.63, 3.8) is 0 Å². The lowest BCUT2D eigenvalue weighted by atomic mass is 9.89. The third kappa shape index (κ3) is 1.27. The van der Waals surface area contributed by atoms with Gasteiger partial charge in [0.15, 0.2) is 0 Å². The van der Waals surface area contributed by atoms with Gasteiger partial charge in [-0.2, -0.15) is 0 Å². The lowest BCUT2D eigenvalue weighted by Gasteiger charge is -2.29. The molecule has 1 saturated heterocycles. The molecule has 2 N–H and O–H groups in total. The van der Waals surface area contributed by atoms with Crippen molar-refractivity contribution in [3.8, 4) is 0 Å². The maximum Gasteiger partial charge on any atom is 0.0578 e. The number of ether oxygens (including phenoxy) is 1. The third-order valence-electron chi connectivity index (χ3n) is 3.69. The van der Waals surface area contributed by atoms with Gasteiger partial charge in [-0.3, -0.25) is 0 Å². The number of hydrogen-bond acceptors (Lipinski definition) is 2. The highest BCUT2D eigenvalue weighted by molar-refractivity contribution is 5.04. The third-order valence-corrected chi connectivity index (χ3v) is 3.69. The molecule has 12 heavy (non-hydrogen) atoms. The van der Waals surface area contributed by atoms with E-state index in [0.717, 1.165) is 19.1 Å². The molecule has 0 aromatic carbocycles. The summed E-state index contributed by atoms with van der Waals surface area (Å²) < 4.78 is 5.65. The van der Waals surface area contributed by atoms with Gasteiger partial charge in [0.1, 0.15) is 0 Å². The van der Waals surface area contributed by atoms with Crippen LogP contribution in [0, 0.1) is 11.3 Å². The largest absolute Gasteiger partial charge is 0.378 e. The van der Waals surface area contributed by atoms with Crippen LogP contribution in [0.2, 0.25) is 0 Å². The lowest BCUT2D eigenvalue weighted by Crippen LogP contribution is -2.28. The Morgan fingerprint density at radius 2 is 2.33 bits per heavy atom. The Balaban J connectivity index is 1.92. The average molecular weight is 169 g/mol. The van der Waals surface area contributed by atoms with Crippen molar-refractivity contribution in [2.75, 3.05) is 13.2 Å². The highest BCUT2D eigenvalue weighted by Crippen LogP contribution is 2.59. The Morgan fingerprint density at radius 1 is 1.50 bits per heavy atom. The molecule has 0 aromatic heterocycles. The van der Waals surface area contributed by atoms with Gasteiger partial charge >= 0.3 is 0 Å². The van der Waals surface area contributed by atoms with E-state index in [4.69, 9.17) is 10.5 Å². The first-order chi connectivity index (χ1) is 5.80. The van der Waals surface area contributed by atoms with Gasteiger partial charge in [-0.1, -0.05) is 6.92 Å². The molecule has 2 rings (SSSR count). The topological polar surface area (TPSA) is 35.2 Å². The fourth-order valence-corrected chi connectivity index (χ4v) is 2.63. The highest BCUT2D eigenvalue weighted by atomic mass is 16.5. The zero-order valence-electron chi connectivity index (χ0n) is 7.88. The molecule has 1 heterocycles. The van der Waals surface area contributed by atoms with Crippen molar-refractivity contribution in [1.82, 2.24) is 0 Å². The first kappa shape index (κ1) is 8.52. The van der Waals surface area contributed by atoms with Crippen LogP contribution < -0.4 is 5.73 Å². The van der Waals surface area contributed by atoms with Gasteiger partial charge in [-0.15, -0.1) is 0 Å². The van der Waals surface area contributed by atoms with Crippen LogP contribution in [0.15, 0.2) is 0 Å². The quantitative estimate of drug-likeness (QED) is 0.680. The van der Waals surface area contributed by atoms with Crippen LogP contribution in [-0.2, 0) is 4.74 Å². The Morgan fingerprint density at radius 3 is 2.92 bits per heavy atom. The SMILES string of the molecule is CCC1CC2(CCO1)CC2CN. The number of hydrogen-bond donors (Lipinski definition) is 1. The van der Waals surface area contributed by atoms with Crippen molar-refractivity contribution in [2.45, 2.75) is 38.7 Å². The summed E-state index contributed by atoms with van der Waals surface area (Å²) in [6.07, 6.45) is 5.58. The fourth-order valence-electron chi connectivity index (χ4n) is 2.63. The van der Waals surface area contributed by atoms with Gasteiger partial charge in [0.25, 0.3) is 0 Å². The summed E-state index contributed by atoms with van der Waals surface area (Å²) in [7, 11) is 0. The van der Waals surface area contributed by atoms with E-state index in [1.54, 1.807) is 0 Å². The molecule has 1 aliphatic carbocycles. The van der Waals surface area contributed by atoms with Gasteiger partial charge in [-0.25, -0.2) is 0 Å². The van der Waals surface area contributed by atoms with Gasteiger partial charge < -0.3 is 10.5 Å². The van der Waals surface area contributed by atoms with Crippen LogP contribution in [0.1, 0.15) is 32.6 Å². The van der Waals surface area contributed by atoms with Crippen LogP contribution in [0.5, 0.6) is 0 Å². The summed E-state index contributed by atoms with van der Waals surface area (Å²) in [6.45, 7) is 4.06. The molecule has 1 spiro atoms. The molecule has 2 nitrogen and oxygen atoms in total. The van der Waals surface area contributed by atoms with E-state index < -0.39 is 0 Å². The molecule has 1 saturated carbocycles. The molecule has 70 valence electrons. The zero-order chi connectivity index (χ0) is 8.60. The molecule has 0 radical (unpaired) electrons. The molecular formula is C10H19NO. The van der Waals surface area contributed by atoms with Gasteiger partial charge in [0.05, 0.1) is 6.10 Å². The Hall–Kier alpha value is -0.0800. The first-order valence-corrected chi connectivity index (χ1v) is 5.12. The van der Waals surface area contributed by atoms with Crippen LogP contribution in [0.4, 0.5) is 0 Å².